The van der Waals surface area contributed by atoms with Gasteiger partial charge in [-0.05, 0) is 33.0 Å². The number of nitrogens with zero attached hydrogens (tertiary/aromatic N) is 1. The molecule has 0 saturated heterocycles. The maximum Gasteiger partial charge on any atom is 0.123 e. The van der Waals surface area contributed by atoms with E-state index < -0.39 is 0 Å². The van der Waals surface area contributed by atoms with E-state index in [4.69, 9.17) is 4.74 Å². The Morgan fingerprint density at radius 1 is 1.19 bits per heavy atom. The van der Waals surface area contributed by atoms with Gasteiger partial charge >= 0.3 is 0 Å². The van der Waals surface area contributed by atoms with Gasteiger partial charge in [0, 0.05) is 12.1 Å². The predicted octanol–water partition coefficient (Wildman–Crippen LogP) is 3.32. The number of rotatable bonds is 7. The molecule has 16 heavy (non-hydrogen) atoms. The first-order valence-corrected chi connectivity index (χ1v) is 6.17. The highest BCUT2D eigenvalue weighted by Crippen LogP contribution is 2.19. The number of hydrogen-bond acceptors (Lipinski definition) is 2. The molecule has 0 heterocycles. The van der Waals surface area contributed by atoms with E-state index in [1.807, 2.05) is 19.1 Å². The SMILES string of the molecule is CCCCN(C)Cc1ccccc1OCC. The van der Waals surface area contributed by atoms with Gasteiger partial charge in [0.1, 0.15) is 5.75 Å². The summed E-state index contributed by atoms with van der Waals surface area (Å²) >= 11 is 0. The Labute approximate surface area is 99.2 Å². The molecular formula is C14H23NO. The third-order valence-corrected chi connectivity index (χ3v) is 2.61. The summed E-state index contributed by atoms with van der Waals surface area (Å²) in [7, 11) is 2.17. The van der Waals surface area contributed by atoms with Crippen molar-refractivity contribution in [3.63, 3.8) is 0 Å². The smallest absolute Gasteiger partial charge is 0.123 e. The molecule has 1 rings (SSSR count). The minimum Gasteiger partial charge on any atom is -0.494 e. The lowest BCUT2D eigenvalue weighted by Gasteiger charge is -2.18. The molecule has 0 N–H and O–H groups in total. The van der Waals surface area contributed by atoms with Gasteiger partial charge in [0.15, 0.2) is 0 Å². The molecule has 0 saturated carbocycles. The van der Waals surface area contributed by atoms with E-state index in [0.717, 1.165) is 25.4 Å². The summed E-state index contributed by atoms with van der Waals surface area (Å²) in [6, 6.07) is 8.30. The Morgan fingerprint density at radius 3 is 2.62 bits per heavy atom. The van der Waals surface area contributed by atoms with E-state index in [1.54, 1.807) is 0 Å². The second-order valence-electron chi connectivity index (χ2n) is 4.13. The topological polar surface area (TPSA) is 12.5 Å². The standard InChI is InChI=1S/C14H23NO/c1-4-6-11-15(3)12-13-9-7-8-10-14(13)16-5-2/h7-10H,4-6,11-12H2,1-3H3. The molecule has 0 spiro atoms. The van der Waals surface area contributed by atoms with Crippen LogP contribution in [0.25, 0.3) is 0 Å². The molecule has 0 unspecified atom stereocenters. The van der Waals surface area contributed by atoms with Crippen molar-refractivity contribution in [3.8, 4) is 5.75 Å². The lowest BCUT2D eigenvalue weighted by molar-refractivity contribution is 0.300. The molecule has 2 heteroatoms. The molecule has 0 aliphatic rings. The number of benzene rings is 1. The second kappa shape index (κ2) is 7.29. The molecule has 90 valence electrons. The number of unbranched alkanes of at least 4 members (excludes halogenated alkanes) is 1. The molecule has 0 aliphatic heterocycles. The summed E-state index contributed by atoms with van der Waals surface area (Å²) in [4.78, 5) is 2.35. The van der Waals surface area contributed by atoms with Crippen LogP contribution in [-0.2, 0) is 6.54 Å². The number of ether oxygens (including phenoxy) is 1. The summed E-state index contributed by atoms with van der Waals surface area (Å²) in [5.74, 6) is 1.02. The highest BCUT2D eigenvalue weighted by atomic mass is 16.5. The van der Waals surface area contributed by atoms with Gasteiger partial charge in [-0.25, -0.2) is 0 Å². The second-order valence-corrected chi connectivity index (χ2v) is 4.13. The van der Waals surface area contributed by atoms with E-state index >= 15 is 0 Å². The van der Waals surface area contributed by atoms with Gasteiger partial charge in [-0.1, -0.05) is 31.5 Å². The lowest BCUT2D eigenvalue weighted by atomic mass is 10.2. The summed E-state index contributed by atoms with van der Waals surface area (Å²) in [5, 5.41) is 0. The fraction of sp³-hybridized carbons (Fsp3) is 0.571. The molecule has 0 aliphatic carbocycles. The predicted molar refractivity (Wildman–Crippen MR) is 68.9 cm³/mol. The van der Waals surface area contributed by atoms with Crippen LogP contribution in [-0.4, -0.2) is 25.1 Å². The van der Waals surface area contributed by atoms with Crippen molar-refractivity contribution in [2.24, 2.45) is 0 Å². The lowest BCUT2D eigenvalue weighted by Crippen LogP contribution is -2.19. The van der Waals surface area contributed by atoms with E-state index in [0.29, 0.717) is 0 Å². The molecule has 1 aromatic carbocycles. The molecule has 0 amide bonds. The van der Waals surface area contributed by atoms with Crippen LogP contribution < -0.4 is 4.74 Å². The van der Waals surface area contributed by atoms with Crippen LogP contribution in [0, 0.1) is 0 Å². The molecule has 1 aromatic rings. The maximum atomic E-state index is 5.62. The van der Waals surface area contributed by atoms with Crippen LogP contribution in [0.5, 0.6) is 5.75 Å². The summed E-state index contributed by atoms with van der Waals surface area (Å²) in [6.45, 7) is 7.10. The zero-order valence-electron chi connectivity index (χ0n) is 10.7. The normalized spacial score (nSPS) is 10.8. The van der Waals surface area contributed by atoms with Crippen LogP contribution >= 0.6 is 0 Å². The van der Waals surface area contributed by atoms with Crippen molar-refractivity contribution in [1.29, 1.82) is 0 Å². The van der Waals surface area contributed by atoms with Gasteiger partial charge in [0.25, 0.3) is 0 Å². The van der Waals surface area contributed by atoms with Crippen molar-refractivity contribution < 1.29 is 4.74 Å². The van der Waals surface area contributed by atoms with Crippen molar-refractivity contribution in [2.45, 2.75) is 33.2 Å². The van der Waals surface area contributed by atoms with Gasteiger partial charge in [-0.3, -0.25) is 0 Å². The Hall–Kier alpha value is -1.02. The van der Waals surface area contributed by atoms with Crippen LogP contribution in [0.4, 0.5) is 0 Å². The van der Waals surface area contributed by atoms with Gasteiger partial charge < -0.3 is 9.64 Å². The first kappa shape index (κ1) is 13.0. The van der Waals surface area contributed by atoms with Crippen LogP contribution in [0.1, 0.15) is 32.3 Å². The van der Waals surface area contributed by atoms with E-state index in [1.165, 1.54) is 18.4 Å². The largest absolute Gasteiger partial charge is 0.494 e. The maximum absolute atomic E-state index is 5.62. The summed E-state index contributed by atoms with van der Waals surface area (Å²) in [6.07, 6.45) is 2.50. The van der Waals surface area contributed by atoms with Crippen LogP contribution in [0.2, 0.25) is 0 Å². The molecular weight excluding hydrogens is 198 g/mol. The monoisotopic (exact) mass is 221 g/mol. The Bertz CT molecular complexity index is 299. The first-order chi connectivity index (χ1) is 7.77. The van der Waals surface area contributed by atoms with Gasteiger partial charge in [-0.2, -0.15) is 0 Å². The molecule has 0 fully saturated rings. The highest BCUT2D eigenvalue weighted by Gasteiger charge is 2.05. The average Bonchev–Trinajstić information content (AvgIpc) is 2.29. The van der Waals surface area contributed by atoms with E-state index in [2.05, 4.69) is 31.0 Å². The van der Waals surface area contributed by atoms with Crippen molar-refractivity contribution in [1.82, 2.24) is 4.90 Å². The third-order valence-electron chi connectivity index (χ3n) is 2.61. The molecule has 0 atom stereocenters. The molecule has 0 aromatic heterocycles. The summed E-state index contributed by atoms with van der Waals surface area (Å²) < 4.78 is 5.62. The zero-order chi connectivity index (χ0) is 11.8. The Morgan fingerprint density at radius 2 is 1.94 bits per heavy atom. The zero-order valence-corrected chi connectivity index (χ0v) is 10.7. The molecule has 2 nitrogen and oxygen atoms in total. The molecule has 0 radical (unpaired) electrons. The van der Waals surface area contributed by atoms with E-state index in [9.17, 15) is 0 Å². The van der Waals surface area contributed by atoms with Crippen molar-refractivity contribution in [3.05, 3.63) is 29.8 Å². The number of para-hydroxylation sites is 1. The van der Waals surface area contributed by atoms with Crippen LogP contribution in [0.3, 0.4) is 0 Å². The minimum absolute atomic E-state index is 0.732. The van der Waals surface area contributed by atoms with Crippen molar-refractivity contribution in [2.75, 3.05) is 20.2 Å². The third kappa shape index (κ3) is 4.23. The minimum atomic E-state index is 0.732. The first-order valence-electron chi connectivity index (χ1n) is 6.17. The summed E-state index contributed by atoms with van der Waals surface area (Å²) in [5.41, 5.74) is 1.28. The van der Waals surface area contributed by atoms with E-state index in [-0.39, 0.29) is 0 Å². The van der Waals surface area contributed by atoms with Gasteiger partial charge in [-0.15, -0.1) is 0 Å². The fourth-order valence-electron chi connectivity index (χ4n) is 1.73. The average molecular weight is 221 g/mol. The quantitative estimate of drug-likeness (QED) is 0.700. The van der Waals surface area contributed by atoms with Crippen molar-refractivity contribution >= 4 is 0 Å². The van der Waals surface area contributed by atoms with Gasteiger partial charge in [0.2, 0.25) is 0 Å². The number of hydrogen-bond donors (Lipinski definition) is 0. The Kier molecular flexibility index (Phi) is 5.94. The van der Waals surface area contributed by atoms with Crippen LogP contribution in [0.15, 0.2) is 24.3 Å². The highest BCUT2D eigenvalue weighted by molar-refractivity contribution is 5.33. The molecule has 0 bridgehead atoms. The fourth-order valence-corrected chi connectivity index (χ4v) is 1.73. The Balaban J connectivity index is 2.57. The van der Waals surface area contributed by atoms with Gasteiger partial charge in [0.05, 0.1) is 6.61 Å².